The van der Waals surface area contributed by atoms with E-state index in [1.54, 1.807) is 0 Å². The number of hydrogen-bond donors (Lipinski definition) is 0. The molecule has 0 aliphatic carbocycles. The highest BCUT2D eigenvalue weighted by atomic mass is 16.6. The molecule has 22 heavy (non-hydrogen) atoms. The summed E-state index contributed by atoms with van der Waals surface area (Å²) in [5.41, 5.74) is 2.80. The number of carbonyl (C=O) groups is 1. The molecule has 4 heteroatoms. The van der Waals surface area contributed by atoms with Gasteiger partial charge in [0.2, 0.25) is 0 Å². The lowest BCUT2D eigenvalue weighted by atomic mass is 10.1. The van der Waals surface area contributed by atoms with Gasteiger partial charge in [0.1, 0.15) is 12.4 Å². The molecule has 1 unspecified atom stereocenters. The van der Waals surface area contributed by atoms with Crippen LogP contribution >= 0.6 is 0 Å². The Morgan fingerprint density at radius 1 is 1.09 bits per heavy atom. The van der Waals surface area contributed by atoms with Crippen LogP contribution in [0.25, 0.3) is 0 Å². The van der Waals surface area contributed by atoms with Crippen LogP contribution in [0.5, 0.6) is 5.75 Å². The maximum Gasteiger partial charge on any atom is 0.339 e. The first-order chi connectivity index (χ1) is 10.7. The number of benzene rings is 2. The van der Waals surface area contributed by atoms with Crippen molar-refractivity contribution in [3.8, 4) is 5.75 Å². The third-order valence-electron chi connectivity index (χ3n) is 3.39. The van der Waals surface area contributed by atoms with Crippen LogP contribution in [0.4, 0.5) is 0 Å². The average molecular weight is 300 g/mol. The zero-order valence-electron chi connectivity index (χ0n) is 13.0. The predicted octanol–water partition coefficient (Wildman–Crippen LogP) is 3.43. The third-order valence-corrected chi connectivity index (χ3v) is 3.39. The van der Waals surface area contributed by atoms with Crippen molar-refractivity contribution >= 4 is 5.97 Å². The lowest BCUT2D eigenvalue weighted by Crippen LogP contribution is -2.16. The number of hydrogen-bond acceptors (Lipinski definition) is 4. The van der Waals surface area contributed by atoms with E-state index in [0.29, 0.717) is 6.61 Å². The van der Waals surface area contributed by atoms with E-state index < -0.39 is 12.1 Å². The van der Waals surface area contributed by atoms with Crippen LogP contribution in [0.15, 0.2) is 48.5 Å². The van der Waals surface area contributed by atoms with E-state index in [-0.39, 0.29) is 0 Å². The number of rotatable bonds is 6. The van der Waals surface area contributed by atoms with Gasteiger partial charge in [-0.15, -0.1) is 0 Å². The van der Waals surface area contributed by atoms with E-state index in [9.17, 15) is 4.79 Å². The summed E-state index contributed by atoms with van der Waals surface area (Å²) in [7, 11) is 2.83. The van der Waals surface area contributed by atoms with E-state index in [4.69, 9.17) is 14.2 Å². The normalized spacial score (nSPS) is 11.8. The molecule has 0 bridgehead atoms. The van der Waals surface area contributed by atoms with Crippen molar-refractivity contribution in [3.63, 3.8) is 0 Å². The van der Waals surface area contributed by atoms with E-state index in [1.165, 1.54) is 14.2 Å². The fourth-order valence-corrected chi connectivity index (χ4v) is 2.20. The second kappa shape index (κ2) is 7.61. The van der Waals surface area contributed by atoms with Crippen molar-refractivity contribution in [1.29, 1.82) is 0 Å². The first-order valence-electron chi connectivity index (χ1n) is 7.03. The van der Waals surface area contributed by atoms with Gasteiger partial charge in [-0.25, -0.2) is 4.79 Å². The minimum absolute atomic E-state index is 0.417. The summed E-state index contributed by atoms with van der Waals surface area (Å²) in [6.45, 7) is 2.43. The Balaban J connectivity index is 2.11. The van der Waals surface area contributed by atoms with E-state index >= 15 is 0 Å². The van der Waals surface area contributed by atoms with E-state index in [0.717, 1.165) is 22.4 Å². The molecule has 2 aromatic rings. The van der Waals surface area contributed by atoms with Gasteiger partial charge >= 0.3 is 5.97 Å². The molecule has 0 saturated carbocycles. The smallest absolute Gasteiger partial charge is 0.339 e. The van der Waals surface area contributed by atoms with Crippen molar-refractivity contribution < 1.29 is 19.0 Å². The quantitative estimate of drug-likeness (QED) is 0.767. The highest BCUT2D eigenvalue weighted by Gasteiger charge is 2.20. The lowest BCUT2D eigenvalue weighted by Gasteiger charge is -2.15. The summed E-state index contributed by atoms with van der Waals surface area (Å²) in [5, 5.41) is 0. The van der Waals surface area contributed by atoms with Gasteiger partial charge in [-0.1, -0.05) is 36.4 Å². The summed E-state index contributed by atoms with van der Waals surface area (Å²) >= 11 is 0. The summed E-state index contributed by atoms with van der Waals surface area (Å²) < 4.78 is 15.8. The third kappa shape index (κ3) is 3.86. The molecule has 0 spiro atoms. The van der Waals surface area contributed by atoms with Gasteiger partial charge < -0.3 is 14.2 Å². The molecule has 0 radical (unpaired) electrons. The largest absolute Gasteiger partial charge is 0.489 e. The Hall–Kier alpha value is -2.33. The van der Waals surface area contributed by atoms with E-state index in [1.807, 2.05) is 55.5 Å². The van der Waals surface area contributed by atoms with Gasteiger partial charge in [-0.05, 0) is 35.7 Å². The number of esters is 1. The number of carbonyl (C=O) groups excluding carboxylic acids is 1. The van der Waals surface area contributed by atoms with Gasteiger partial charge in [0.05, 0.1) is 7.11 Å². The van der Waals surface area contributed by atoms with Crippen LogP contribution in [0.2, 0.25) is 0 Å². The van der Waals surface area contributed by atoms with Gasteiger partial charge in [-0.2, -0.15) is 0 Å². The highest BCUT2D eigenvalue weighted by Crippen LogP contribution is 2.21. The number of para-hydroxylation sites is 1. The van der Waals surface area contributed by atoms with Crippen LogP contribution in [0.3, 0.4) is 0 Å². The molecule has 116 valence electrons. The first kappa shape index (κ1) is 16.0. The molecule has 0 saturated heterocycles. The van der Waals surface area contributed by atoms with Crippen LogP contribution in [0.1, 0.15) is 22.8 Å². The van der Waals surface area contributed by atoms with Crippen molar-refractivity contribution in [3.05, 3.63) is 65.2 Å². The predicted molar refractivity (Wildman–Crippen MR) is 83.7 cm³/mol. The topological polar surface area (TPSA) is 44.8 Å². The zero-order valence-corrected chi connectivity index (χ0v) is 13.0. The second-order valence-corrected chi connectivity index (χ2v) is 4.94. The minimum atomic E-state index is -0.719. The van der Waals surface area contributed by atoms with Gasteiger partial charge in [0.25, 0.3) is 0 Å². The second-order valence-electron chi connectivity index (χ2n) is 4.94. The van der Waals surface area contributed by atoms with Crippen LogP contribution < -0.4 is 4.74 Å². The number of ether oxygens (including phenoxy) is 3. The summed E-state index contributed by atoms with van der Waals surface area (Å²) in [6, 6.07) is 15.4. The van der Waals surface area contributed by atoms with Crippen molar-refractivity contribution in [2.75, 3.05) is 14.2 Å². The molecule has 0 heterocycles. The zero-order chi connectivity index (χ0) is 15.9. The average Bonchev–Trinajstić information content (AvgIpc) is 2.55. The van der Waals surface area contributed by atoms with Crippen molar-refractivity contribution in [1.82, 2.24) is 0 Å². The molecule has 2 aromatic carbocycles. The minimum Gasteiger partial charge on any atom is -0.489 e. The molecular weight excluding hydrogens is 280 g/mol. The van der Waals surface area contributed by atoms with E-state index in [2.05, 4.69) is 0 Å². The highest BCUT2D eigenvalue weighted by molar-refractivity contribution is 5.76. The summed E-state index contributed by atoms with van der Waals surface area (Å²) in [5.74, 6) is 0.434. The molecule has 2 rings (SSSR count). The van der Waals surface area contributed by atoms with Crippen LogP contribution in [0, 0.1) is 6.92 Å². The standard InChI is InChI=1S/C18H20O4/c1-13-7-4-5-10-16(13)22-12-14-8-6-9-15(11-14)17(20-2)18(19)21-3/h4-11,17H,12H2,1-3H3. The maximum atomic E-state index is 11.7. The molecule has 1 atom stereocenters. The molecule has 0 amide bonds. The summed E-state index contributed by atoms with van der Waals surface area (Å²) in [6.07, 6.45) is -0.719. The van der Waals surface area contributed by atoms with Crippen molar-refractivity contribution in [2.24, 2.45) is 0 Å². The fraction of sp³-hybridized carbons (Fsp3) is 0.278. The van der Waals surface area contributed by atoms with Crippen molar-refractivity contribution in [2.45, 2.75) is 19.6 Å². The first-order valence-corrected chi connectivity index (χ1v) is 7.03. The van der Waals surface area contributed by atoms with Gasteiger partial charge in [0.15, 0.2) is 6.10 Å². The molecular formula is C18H20O4. The Morgan fingerprint density at radius 3 is 2.55 bits per heavy atom. The summed E-state index contributed by atoms with van der Waals surface area (Å²) in [4.78, 5) is 11.7. The monoisotopic (exact) mass is 300 g/mol. The van der Waals surface area contributed by atoms with Crippen LogP contribution in [-0.4, -0.2) is 20.2 Å². The fourth-order valence-electron chi connectivity index (χ4n) is 2.20. The SMILES string of the molecule is COC(=O)C(OC)c1cccc(COc2ccccc2C)c1. The van der Waals surface area contributed by atoms with Crippen LogP contribution in [-0.2, 0) is 20.9 Å². The molecule has 4 nitrogen and oxygen atoms in total. The Bertz CT molecular complexity index is 636. The number of aryl methyl sites for hydroxylation is 1. The molecule has 0 fully saturated rings. The molecule has 0 aliphatic rings. The van der Waals surface area contributed by atoms with Gasteiger partial charge in [0, 0.05) is 7.11 Å². The lowest BCUT2D eigenvalue weighted by molar-refractivity contribution is -0.152. The molecule has 0 aromatic heterocycles. The molecule has 0 N–H and O–H groups in total. The Morgan fingerprint density at radius 2 is 1.86 bits per heavy atom. The van der Waals surface area contributed by atoms with Gasteiger partial charge in [-0.3, -0.25) is 0 Å². The maximum absolute atomic E-state index is 11.7. The Labute approximate surface area is 130 Å². The molecule has 0 aliphatic heterocycles. The number of methoxy groups -OCH3 is 2. The Kier molecular flexibility index (Phi) is 5.55.